The van der Waals surface area contributed by atoms with Gasteiger partial charge in [-0.1, -0.05) is 6.07 Å². The summed E-state index contributed by atoms with van der Waals surface area (Å²) in [5, 5.41) is 0. The number of quaternary nitrogens is 1. The van der Waals surface area contributed by atoms with Crippen molar-refractivity contribution >= 4 is 212 Å². The second-order valence-electron chi connectivity index (χ2n) is 16.3. The number of Topliss-reactive ketones (excluding diaryl/α,β-unsaturated/α-hetero) is 1. The zero-order valence-electron chi connectivity index (χ0n) is 35.9. The largest absolute Gasteiger partial charge is 1.00 e. The van der Waals surface area contributed by atoms with Gasteiger partial charge in [0.15, 0.2) is 11.5 Å². The van der Waals surface area contributed by atoms with Crippen molar-refractivity contribution in [1.82, 2.24) is 0 Å². The van der Waals surface area contributed by atoms with Gasteiger partial charge in [0.1, 0.15) is 23.3 Å². The van der Waals surface area contributed by atoms with Crippen molar-refractivity contribution in [2.75, 3.05) is 48.8 Å². The van der Waals surface area contributed by atoms with Crippen LogP contribution in [0.25, 0.3) is 0 Å². The molecule has 4 rings (SSSR count). The standard InChI is InChI=1S/C24H30NO6.B29.HI/c1-25(2)9-8-16-11-21-23(31-14-30-21)24(29-5)22(16)19(25)12-17(26)10-15-6-7-18(27-3)13-20(15)28-4;1-16-24(17(2)3)28(25(18(4)5)19(6)7)29(26(20(8)9)21(10)11)27(22(12)13)23(14)15;/h6-7,11,13,19H,8-10,12,14H2,1-5H3;;1H/q+1;;/p-1. The number of hydrogen-bond donors (Lipinski definition) is 0. The number of ether oxygens (including phenoxy) is 5. The molecular formula is C24H30B29INO6. The summed E-state index contributed by atoms with van der Waals surface area (Å²) in [6, 6.07) is 7.56. The third-order valence-electron chi connectivity index (χ3n) is 11.9. The Morgan fingerprint density at radius 1 is 0.721 bits per heavy atom. The predicted octanol–water partition coefficient (Wildman–Crippen LogP) is -10.7. The first-order valence-electron chi connectivity index (χ1n) is 19.8. The molecule has 2 aliphatic heterocycles. The van der Waals surface area contributed by atoms with Crippen molar-refractivity contribution in [2.24, 2.45) is 0 Å². The summed E-state index contributed by atoms with van der Waals surface area (Å²) in [7, 11) is 100. The Kier molecular flexibility index (Phi) is 23.8. The van der Waals surface area contributed by atoms with Gasteiger partial charge in [0.25, 0.3) is 0 Å². The van der Waals surface area contributed by atoms with E-state index in [1.165, 1.54) is 12.6 Å². The molecule has 0 aromatic heterocycles. The second kappa shape index (κ2) is 25.6. The second-order valence-corrected chi connectivity index (χ2v) is 16.3. The highest BCUT2D eigenvalue weighted by Gasteiger charge is 2.51. The molecule has 261 valence electrons. The molecule has 2 aromatic rings. The molecule has 0 N–H and O–H groups in total. The molecule has 0 spiro atoms. The average molecular weight is 869 g/mol. The molecule has 2 heterocycles. The van der Waals surface area contributed by atoms with E-state index in [-0.39, 0.29) is 42.6 Å². The van der Waals surface area contributed by atoms with Crippen LogP contribution in [0.5, 0.6) is 28.7 Å². The predicted molar refractivity (Wildman–Crippen MR) is 282 cm³/mol. The Balaban J connectivity index is 0.000000415. The minimum atomic E-state index is -1.03. The summed E-state index contributed by atoms with van der Waals surface area (Å²) >= 11 is 0. The molecule has 1 unspecified atom stereocenters. The molecule has 0 fully saturated rings. The zero-order chi connectivity index (χ0) is 45.4. The number of likely N-dealkylation sites (N-methyl/N-ethyl adjacent to an activating group) is 1. The number of halogens is 1. The van der Waals surface area contributed by atoms with Crippen LogP contribution in [0.2, 0.25) is 0 Å². The van der Waals surface area contributed by atoms with Gasteiger partial charge < -0.3 is 52.1 Å². The van der Waals surface area contributed by atoms with E-state index in [4.69, 9.17) is 140 Å². The highest BCUT2D eigenvalue weighted by atomic mass is 127. The Hall–Kier alpha value is -0.317. The summed E-state index contributed by atoms with van der Waals surface area (Å²) in [6.07, 6.45) is -10.3. The molecule has 0 amide bonds. The first-order chi connectivity index (χ1) is 28.1. The number of rotatable bonds is 20. The fourth-order valence-corrected chi connectivity index (χ4v) is 8.98. The van der Waals surface area contributed by atoms with Crippen LogP contribution in [0.4, 0.5) is 0 Å². The van der Waals surface area contributed by atoms with E-state index in [0.717, 1.165) is 29.8 Å². The van der Waals surface area contributed by atoms with Crippen molar-refractivity contribution in [2.45, 2.75) is 25.3 Å². The van der Waals surface area contributed by atoms with E-state index in [2.05, 4.69) is 14.1 Å². The van der Waals surface area contributed by atoms with Gasteiger partial charge in [0.05, 0.1) is 54.0 Å². The highest BCUT2D eigenvalue weighted by Crippen LogP contribution is 2.51. The van der Waals surface area contributed by atoms with Crippen molar-refractivity contribution in [3.05, 3.63) is 41.0 Å². The Labute approximate surface area is 409 Å². The van der Waals surface area contributed by atoms with Gasteiger partial charge in [-0.2, -0.15) is 0 Å². The van der Waals surface area contributed by atoms with Crippen LogP contribution < -0.4 is 47.7 Å². The van der Waals surface area contributed by atoms with E-state index in [0.29, 0.717) is 40.3 Å². The van der Waals surface area contributed by atoms with Gasteiger partial charge in [-0.3, -0.25) is 4.79 Å². The Morgan fingerprint density at radius 3 is 1.69 bits per heavy atom. The minimum absolute atomic E-state index is 0. The van der Waals surface area contributed by atoms with E-state index in [1.54, 1.807) is 21.3 Å². The first-order valence-corrected chi connectivity index (χ1v) is 19.8. The van der Waals surface area contributed by atoms with Crippen molar-refractivity contribution < 1.29 is 56.9 Å². The summed E-state index contributed by atoms with van der Waals surface area (Å²) in [4.78, 5) is 13.2. The topological polar surface area (TPSA) is 63.2 Å². The monoisotopic (exact) mass is 874 g/mol. The van der Waals surface area contributed by atoms with Crippen LogP contribution in [0.15, 0.2) is 24.3 Å². The molecule has 61 heavy (non-hydrogen) atoms. The molecule has 2 aliphatic rings. The van der Waals surface area contributed by atoms with Crippen LogP contribution in [0.3, 0.4) is 0 Å². The lowest BCUT2D eigenvalue weighted by atomic mass is 8.32. The van der Waals surface area contributed by atoms with Gasteiger partial charge in [-0.25, -0.2) is 0 Å². The minimum Gasteiger partial charge on any atom is -1.00 e. The normalized spacial score (nSPS) is 13.8. The Morgan fingerprint density at radius 2 is 1.25 bits per heavy atom. The summed E-state index contributed by atoms with van der Waals surface area (Å²) in [5.74, 6) is 3.55. The van der Waals surface area contributed by atoms with Crippen LogP contribution >= 0.6 is 0 Å². The van der Waals surface area contributed by atoms with E-state index >= 15 is 0 Å². The third-order valence-corrected chi connectivity index (χ3v) is 11.9. The van der Waals surface area contributed by atoms with Gasteiger partial charge in [0.2, 0.25) is 12.5 Å². The molecule has 1 atom stereocenters. The maximum Gasteiger partial charge on any atom is 0.231 e. The number of benzene rings is 2. The lowest BCUT2D eigenvalue weighted by Crippen LogP contribution is -3.00. The molecule has 0 saturated carbocycles. The quantitative estimate of drug-likeness (QED) is 0.0750. The van der Waals surface area contributed by atoms with Crippen LogP contribution in [0, 0.1) is 0 Å². The van der Waals surface area contributed by atoms with Crippen LogP contribution in [-0.4, -0.2) is 265 Å². The average Bonchev–Trinajstić information content (AvgIpc) is 3.62. The molecule has 0 saturated heterocycles. The summed E-state index contributed by atoms with van der Waals surface area (Å²) < 4.78 is 28.5. The lowest BCUT2D eigenvalue weighted by molar-refractivity contribution is -0.922. The van der Waals surface area contributed by atoms with Crippen molar-refractivity contribution in [3.63, 3.8) is 0 Å². The van der Waals surface area contributed by atoms with Crippen molar-refractivity contribution in [1.29, 1.82) is 0 Å². The van der Waals surface area contributed by atoms with Gasteiger partial charge in [-0.15, -0.1) is 0 Å². The number of carbonyl (C=O) groups excluding carboxylic acids is 1. The van der Waals surface area contributed by atoms with E-state index in [1.807, 2.05) is 24.3 Å². The SMILES string of the molecule is COc1ccc(CC(=O)CC2c3c(cc4c(c3OC)OCO4)CC[N+]2(C)C)c(OC)c1.[B][B]B(B([B])[B])B(B(B([B])[B])B([B])[B])B(B(B([B])[B])B([B])[B])B(B([B])[B])B([B])[B].[I-]. The van der Waals surface area contributed by atoms with Crippen LogP contribution in [-0.2, 0) is 17.6 Å². The molecule has 0 bridgehead atoms. The van der Waals surface area contributed by atoms with Gasteiger partial charge in [-0.05, 0) is 17.7 Å². The molecule has 0 aliphatic carbocycles. The first kappa shape index (κ1) is 56.8. The molecule has 7 nitrogen and oxygen atoms in total. The number of carbonyl (C=O) groups is 1. The summed E-state index contributed by atoms with van der Waals surface area (Å²) in [6.45, 7) is 1.12. The maximum absolute atomic E-state index is 13.2. The lowest BCUT2D eigenvalue weighted by Gasteiger charge is -2.49. The molecular weight excluding hydrogens is 839 g/mol. The molecule has 2 aromatic carbocycles. The number of ketones is 1. The third kappa shape index (κ3) is 14.1. The van der Waals surface area contributed by atoms with E-state index < -0.39 is 83.0 Å². The van der Waals surface area contributed by atoms with E-state index in [9.17, 15) is 4.79 Å². The number of nitrogens with zero attached hydrogens (tertiary/aromatic N) is 1. The van der Waals surface area contributed by atoms with Crippen molar-refractivity contribution in [3.8, 4) is 28.7 Å². The molecule has 37 heteroatoms. The summed E-state index contributed by atoms with van der Waals surface area (Å²) in [5.41, 5.74) is 3.07. The molecule has 31 radical (unpaired) electrons. The number of methoxy groups -OCH3 is 3. The van der Waals surface area contributed by atoms with Crippen LogP contribution in [0.1, 0.15) is 29.2 Å². The smallest absolute Gasteiger partial charge is 0.231 e. The number of hydrogen-bond acceptors (Lipinski definition) is 6. The maximum atomic E-state index is 13.2. The fourth-order valence-electron chi connectivity index (χ4n) is 8.98. The van der Waals surface area contributed by atoms with Gasteiger partial charge >= 0.3 is 0 Å². The zero-order valence-corrected chi connectivity index (χ0v) is 38.1. The fraction of sp³-hybridized carbons (Fsp3) is 0.458. The Bertz CT molecular complexity index is 1660. The number of fused-ring (bicyclic) bond motifs is 2. The van der Waals surface area contributed by atoms with Gasteiger partial charge in [0, 0.05) is 231 Å². The highest BCUT2D eigenvalue weighted by molar-refractivity contribution is 8.26.